The second kappa shape index (κ2) is 5.51. The third-order valence-corrected chi connectivity index (χ3v) is 4.44. The number of nitrogens with zero attached hydrogens (tertiary/aromatic N) is 1. The monoisotopic (exact) mass is 325 g/mol. The molecule has 0 bridgehead atoms. The molecule has 0 saturated heterocycles. The van der Waals surface area contributed by atoms with Crippen molar-refractivity contribution < 1.29 is 13.2 Å². The predicted octanol–water partition coefficient (Wildman–Crippen LogP) is 5.23. The van der Waals surface area contributed by atoms with E-state index in [4.69, 9.17) is 11.6 Å². The molecule has 22 heavy (non-hydrogen) atoms. The molecule has 0 atom stereocenters. The highest BCUT2D eigenvalue weighted by Crippen LogP contribution is 2.37. The predicted molar refractivity (Wildman–Crippen MR) is 82.4 cm³/mol. The Labute approximate surface area is 132 Å². The van der Waals surface area contributed by atoms with Crippen LogP contribution in [0.15, 0.2) is 36.4 Å². The summed E-state index contributed by atoms with van der Waals surface area (Å²) in [6.07, 6.45) is -3.53. The van der Waals surface area contributed by atoms with E-state index < -0.39 is 11.7 Å². The molecule has 0 fully saturated rings. The normalized spacial score (nSPS) is 14.9. The Morgan fingerprint density at radius 3 is 2.59 bits per heavy atom. The van der Waals surface area contributed by atoms with Crippen LogP contribution in [0.25, 0.3) is 0 Å². The lowest BCUT2D eigenvalue weighted by atomic mass is 9.95. The molecule has 0 unspecified atom stereocenters. The van der Waals surface area contributed by atoms with Gasteiger partial charge in [0.25, 0.3) is 0 Å². The first-order chi connectivity index (χ1) is 10.4. The van der Waals surface area contributed by atoms with Gasteiger partial charge in [-0.3, -0.25) is 0 Å². The number of alkyl halides is 3. The standard InChI is InChI=1S/C17H15ClF3N/c1-11-3-2-4-12-7-8-22(10-14(11)12)13-5-6-15(16(18)9-13)17(19,20)21/h2-6,9H,7-8,10H2,1H3. The zero-order valence-electron chi connectivity index (χ0n) is 12.0. The molecule has 1 aliphatic heterocycles. The second-order valence-electron chi connectivity index (χ2n) is 5.55. The molecule has 0 saturated carbocycles. The first-order valence-electron chi connectivity index (χ1n) is 7.05. The van der Waals surface area contributed by atoms with Crippen LogP contribution in [0.5, 0.6) is 0 Å². The fourth-order valence-corrected chi connectivity index (χ4v) is 3.18. The summed E-state index contributed by atoms with van der Waals surface area (Å²) in [5.74, 6) is 0. The van der Waals surface area contributed by atoms with Gasteiger partial charge in [-0.15, -0.1) is 0 Å². The number of hydrogen-bond acceptors (Lipinski definition) is 1. The van der Waals surface area contributed by atoms with Gasteiger partial charge in [-0.1, -0.05) is 29.8 Å². The molecule has 1 heterocycles. The Balaban J connectivity index is 1.91. The lowest BCUT2D eigenvalue weighted by molar-refractivity contribution is -0.137. The Hall–Kier alpha value is -1.68. The van der Waals surface area contributed by atoms with Crippen molar-refractivity contribution in [2.45, 2.75) is 26.1 Å². The van der Waals surface area contributed by atoms with Crippen LogP contribution >= 0.6 is 11.6 Å². The van der Waals surface area contributed by atoms with Crippen LogP contribution in [0.2, 0.25) is 5.02 Å². The molecule has 0 radical (unpaired) electrons. The van der Waals surface area contributed by atoms with Crippen molar-refractivity contribution >= 4 is 17.3 Å². The van der Waals surface area contributed by atoms with Crippen LogP contribution in [0, 0.1) is 6.92 Å². The molecular formula is C17H15ClF3N. The van der Waals surface area contributed by atoms with Crippen molar-refractivity contribution in [3.05, 3.63) is 63.7 Å². The number of aryl methyl sites for hydroxylation is 1. The maximum absolute atomic E-state index is 12.8. The molecule has 5 heteroatoms. The Morgan fingerprint density at radius 2 is 1.91 bits per heavy atom. The second-order valence-corrected chi connectivity index (χ2v) is 5.95. The Bertz CT molecular complexity index is 710. The molecule has 0 amide bonds. The zero-order valence-corrected chi connectivity index (χ0v) is 12.8. The quantitative estimate of drug-likeness (QED) is 0.694. The number of rotatable bonds is 1. The average molecular weight is 326 g/mol. The van der Waals surface area contributed by atoms with E-state index in [9.17, 15) is 13.2 Å². The van der Waals surface area contributed by atoms with Gasteiger partial charge in [0.15, 0.2) is 0 Å². The highest BCUT2D eigenvalue weighted by atomic mass is 35.5. The minimum absolute atomic E-state index is 0.249. The van der Waals surface area contributed by atoms with E-state index in [1.807, 2.05) is 6.07 Å². The highest BCUT2D eigenvalue weighted by molar-refractivity contribution is 6.31. The van der Waals surface area contributed by atoms with E-state index in [0.29, 0.717) is 6.54 Å². The molecular weight excluding hydrogens is 311 g/mol. The average Bonchev–Trinajstić information content (AvgIpc) is 2.46. The summed E-state index contributed by atoms with van der Waals surface area (Å²) >= 11 is 5.82. The van der Waals surface area contributed by atoms with Gasteiger partial charge < -0.3 is 4.90 Å². The number of halogens is 4. The smallest absolute Gasteiger partial charge is 0.367 e. The topological polar surface area (TPSA) is 3.24 Å². The maximum atomic E-state index is 12.8. The summed E-state index contributed by atoms with van der Waals surface area (Å²) in [4.78, 5) is 2.07. The van der Waals surface area contributed by atoms with Gasteiger partial charge in [0, 0.05) is 18.8 Å². The van der Waals surface area contributed by atoms with E-state index in [2.05, 4.69) is 24.0 Å². The molecule has 0 aromatic heterocycles. The highest BCUT2D eigenvalue weighted by Gasteiger charge is 2.33. The van der Waals surface area contributed by atoms with Gasteiger partial charge >= 0.3 is 6.18 Å². The number of fused-ring (bicyclic) bond motifs is 1. The summed E-state index contributed by atoms with van der Waals surface area (Å²) in [6, 6.07) is 10.2. The fourth-order valence-electron chi connectivity index (χ4n) is 2.90. The molecule has 0 spiro atoms. The third kappa shape index (κ3) is 2.80. The molecule has 3 rings (SSSR count). The van der Waals surface area contributed by atoms with E-state index in [1.54, 1.807) is 0 Å². The largest absolute Gasteiger partial charge is 0.417 e. The minimum Gasteiger partial charge on any atom is -0.367 e. The van der Waals surface area contributed by atoms with Gasteiger partial charge in [-0.05, 0) is 48.2 Å². The van der Waals surface area contributed by atoms with Crippen LogP contribution in [0.1, 0.15) is 22.3 Å². The van der Waals surface area contributed by atoms with Gasteiger partial charge in [0.2, 0.25) is 0 Å². The van der Waals surface area contributed by atoms with Gasteiger partial charge in [0.1, 0.15) is 0 Å². The lowest BCUT2D eigenvalue weighted by Gasteiger charge is -2.32. The zero-order chi connectivity index (χ0) is 15.9. The van der Waals surface area contributed by atoms with E-state index in [1.165, 1.54) is 28.8 Å². The van der Waals surface area contributed by atoms with Crippen molar-refractivity contribution in [3.63, 3.8) is 0 Å². The van der Waals surface area contributed by atoms with Crippen molar-refractivity contribution in [1.82, 2.24) is 0 Å². The molecule has 2 aromatic rings. The SMILES string of the molecule is Cc1cccc2c1CN(c1ccc(C(F)(F)F)c(Cl)c1)CC2. The molecule has 0 aliphatic carbocycles. The van der Waals surface area contributed by atoms with E-state index in [-0.39, 0.29) is 5.02 Å². The number of anilines is 1. The molecule has 1 nitrogen and oxygen atoms in total. The third-order valence-electron chi connectivity index (χ3n) is 4.13. The molecule has 1 aliphatic rings. The number of benzene rings is 2. The Kier molecular flexibility index (Phi) is 3.81. The van der Waals surface area contributed by atoms with Crippen molar-refractivity contribution in [2.75, 3.05) is 11.4 Å². The first kappa shape index (κ1) is 15.2. The van der Waals surface area contributed by atoms with Crippen molar-refractivity contribution in [3.8, 4) is 0 Å². The summed E-state index contributed by atoms with van der Waals surface area (Å²) in [6.45, 7) is 3.53. The van der Waals surface area contributed by atoms with Crippen molar-refractivity contribution in [1.29, 1.82) is 0 Å². The van der Waals surface area contributed by atoms with Crippen LogP contribution < -0.4 is 4.90 Å². The van der Waals surface area contributed by atoms with Crippen molar-refractivity contribution in [2.24, 2.45) is 0 Å². The summed E-state index contributed by atoms with van der Waals surface area (Å²) < 4.78 is 38.3. The summed E-state index contributed by atoms with van der Waals surface area (Å²) in [5.41, 5.74) is 3.72. The van der Waals surface area contributed by atoms with Gasteiger partial charge in [-0.25, -0.2) is 0 Å². The van der Waals surface area contributed by atoms with Crippen LogP contribution in [-0.2, 0) is 19.1 Å². The van der Waals surface area contributed by atoms with Gasteiger partial charge in [0.05, 0.1) is 10.6 Å². The van der Waals surface area contributed by atoms with E-state index >= 15 is 0 Å². The summed E-state index contributed by atoms with van der Waals surface area (Å²) in [7, 11) is 0. The van der Waals surface area contributed by atoms with Crippen LogP contribution in [0.3, 0.4) is 0 Å². The molecule has 2 aromatic carbocycles. The van der Waals surface area contributed by atoms with Gasteiger partial charge in [-0.2, -0.15) is 13.2 Å². The maximum Gasteiger partial charge on any atom is 0.417 e. The van der Waals surface area contributed by atoms with Crippen LogP contribution in [0.4, 0.5) is 18.9 Å². The Morgan fingerprint density at radius 1 is 1.14 bits per heavy atom. The molecule has 116 valence electrons. The van der Waals surface area contributed by atoms with Crippen LogP contribution in [-0.4, -0.2) is 6.54 Å². The number of hydrogen-bond donors (Lipinski definition) is 0. The fraction of sp³-hybridized carbons (Fsp3) is 0.294. The van der Waals surface area contributed by atoms with E-state index in [0.717, 1.165) is 24.7 Å². The molecule has 0 N–H and O–H groups in total. The minimum atomic E-state index is -4.42. The summed E-state index contributed by atoms with van der Waals surface area (Å²) in [5, 5.41) is -0.249. The lowest BCUT2D eigenvalue weighted by Crippen LogP contribution is -2.31. The first-order valence-corrected chi connectivity index (χ1v) is 7.43.